The first kappa shape index (κ1) is 18.0. The standard InChI is InChI=1S/C20H20N6O2S/c1-20(2)15-4-3-13(9-12(15)5-6-23-20)24-18-22-10-14-16(25-18)28-11-26(17(14)27)19-21-7-8-29-19/h3-4,7-10,23H,5-6,11H2,1-2H3,(H,22,24,25). The Balaban J connectivity index is 1.38. The maximum absolute atomic E-state index is 12.7. The molecule has 0 unspecified atom stereocenters. The fourth-order valence-electron chi connectivity index (χ4n) is 3.73. The summed E-state index contributed by atoms with van der Waals surface area (Å²) >= 11 is 1.38. The van der Waals surface area contributed by atoms with E-state index in [0.717, 1.165) is 18.7 Å². The molecule has 2 aliphatic heterocycles. The Morgan fingerprint density at radius 2 is 2.21 bits per heavy atom. The summed E-state index contributed by atoms with van der Waals surface area (Å²) in [6, 6.07) is 6.29. The Bertz CT molecular complexity index is 1080. The number of thiazole rings is 1. The number of hydrogen-bond acceptors (Lipinski definition) is 8. The lowest BCUT2D eigenvalue weighted by Crippen LogP contribution is -2.42. The summed E-state index contributed by atoms with van der Waals surface area (Å²) in [6.07, 6.45) is 4.13. The van der Waals surface area contributed by atoms with Crippen LogP contribution in [-0.2, 0) is 12.0 Å². The van der Waals surface area contributed by atoms with Crippen molar-refractivity contribution in [3.05, 3.63) is 52.7 Å². The number of rotatable bonds is 3. The van der Waals surface area contributed by atoms with Crippen LogP contribution in [0.3, 0.4) is 0 Å². The van der Waals surface area contributed by atoms with Crippen LogP contribution in [0.15, 0.2) is 36.0 Å². The predicted molar refractivity (Wildman–Crippen MR) is 111 cm³/mol. The molecular weight excluding hydrogens is 388 g/mol. The molecule has 0 aliphatic carbocycles. The summed E-state index contributed by atoms with van der Waals surface area (Å²) in [5.74, 6) is 0.465. The fraction of sp³-hybridized carbons (Fsp3) is 0.300. The minimum atomic E-state index is -0.212. The van der Waals surface area contributed by atoms with Crippen molar-refractivity contribution in [1.29, 1.82) is 0 Å². The molecule has 4 heterocycles. The van der Waals surface area contributed by atoms with E-state index in [9.17, 15) is 4.79 Å². The second-order valence-electron chi connectivity index (χ2n) is 7.53. The Morgan fingerprint density at radius 1 is 1.31 bits per heavy atom. The van der Waals surface area contributed by atoms with Gasteiger partial charge in [-0.25, -0.2) is 14.9 Å². The summed E-state index contributed by atoms with van der Waals surface area (Å²) in [7, 11) is 0. The lowest BCUT2D eigenvalue weighted by Gasteiger charge is -2.34. The zero-order chi connectivity index (χ0) is 20.0. The van der Waals surface area contributed by atoms with Crippen molar-refractivity contribution >= 4 is 34.0 Å². The first-order valence-corrected chi connectivity index (χ1v) is 10.3. The topological polar surface area (TPSA) is 92.3 Å². The summed E-state index contributed by atoms with van der Waals surface area (Å²) in [4.78, 5) is 27.1. The maximum atomic E-state index is 12.7. The molecule has 0 saturated carbocycles. The van der Waals surface area contributed by atoms with Crippen molar-refractivity contribution < 1.29 is 9.53 Å². The van der Waals surface area contributed by atoms with Crippen LogP contribution in [-0.4, -0.2) is 34.1 Å². The van der Waals surface area contributed by atoms with E-state index in [0.29, 0.717) is 16.6 Å². The van der Waals surface area contributed by atoms with Gasteiger partial charge in [0.2, 0.25) is 11.8 Å². The molecule has 0 saturated heterocycles. The van der Waals surface area contributed by atoms with Gasteiger partial charge in [0.15, 0.2) is 11.9 Å². The van der Waals surface area contributed by atoms with Crippen LogP contribution < -0.4 is 20.3 Å². The van der Waals surface area contributed by atoms with Crippen molar-refractivity contribution in [2.45, 2.75) is 25.8 Å². The number of amides is 1. The Labute approximate surface area is 172 Å². The molecule has 29 heavy (non-hydrogen) atoms. The molecule has 0 bridgehead atoms. The lowest BCUT2D eigenvalue weighted by molar-refractivity contribution is 0.0932. The summed E-state index contributed by atoms with van der Waals surface area (Å²) in [5, 5.41) is 9.17. The summed E-state index contributed by atoms with van der Waals surface area (Å²) in [6.45, 7) is 5.41. The van der Waals surface area contributed by atoms with Gasteiger partial charge in [-0.2, -0.15) is 4.98 Å². The molecule has 1 amide bonds. The number of carbonyl (C=O) groups is 1. The highest BCUT2D eigenvalue weighted by Gasteiger charge is 2.30. The molecule has 2 aromatic heterocycles. The summed E-state index contributed by atoms with van der Waals surface area (Å²) < 4.78 is 5.70. The van der Waals surface area contributed by atoms with Gasteiger partial charge in [0.05, 0.1) is 0 Å². The number of aromatic nitrogens is 3. The number of anilines is 3. The largest absolute Gasteiger partial charge is 0.455 e. The van der Waals surface area contributed by atoms with Gasteiger partial charge in [-0.3, -0.25) is 4.79 Å². The molecule has 9 heteroatoms. The van der Waals surface area contributed by atoms with E-state index in [1.807, 2.05) is 11.4 Å². The second kappa shape index (κ2) is 6.78. The van der Waals surface area contributed by atoms with Crippen molar-refractivity contribution in [3.63, 3.8) is 0 Å². The monoisotopic (exact) mass is 408 g/mol. The molecule has 3 aromatic rings. The van der Waals surface area contributed by atoms with Crippen LogP contribution in [0.25, 0.3) is 0 Å². The normalized spacial score (nSPS) is 17.3. The van der Waals surface area contributed by atoms with Crippen LogP contribution >= 0.6 is 11.3 Å². The molecule has 5 rings (SSSR count). The van der Waals surface area contributed by atoms with E-state index in [1.54, 1.807) is 6.20 Å². The average molecular weight is 408 g/mol. The Morgan fingerprint density at radius 3 is 3.03 bits per heavy atom. The van der Waals surface area contributed by atoms with E-state index in [4.69, 9.17) is 4.74 Å². The van der Waals surface area contributed by atoms with E-state index in [-0.39, 0.29) is 24.1 Å². The number of nitrogens with one attached hydrogen (secondary N) is 2. The molecular formula is C20H20N6O2S. The fourth-order valence-corrected chi connectivity index (χ4v) is 4.35. The Kier molecular flexibility index (Phi) is 4.21. The highest BCUT2D eigenvalue weighted by atomic mass is 32.1. The number of nitrogens with zero attached hydrogens (tertiary/aromatic N) is 4. The molecule has 2 aliphatic rings. The van der Waals surface area contributed by atoms with Crippen molar-refractivity contribution in [2.24, 2.45) is 0 Å². The number of fused-ring (bicyclic) bond motifs is 2. The first-order valence-electron chi connectivity index (χ1n) is 9.38. The van der Waals surface area contributed by atoms with Gasteiger partial charge in [0.25, 0.3) is 5.91 Å². The van der Waals surface area contributed by atoms with Crippen molar-refractivity contribution in [1.82, 2.24) is 20.3 Å². The predicted octanol–water partition coefficient (Wildman–Crippen LogP) is 3.05. The molecule has 8 nitrogen and oxygen atoms in total. The van der Waals surface area contributed by atoms with Gasteiger partial charge in [-0.15, -0.1) is 11.3 Å². The lowest BCUT2D eigenvalue weighted by atomic mass is 9.85. The van der Waals surface area contributed by atoms with E-state index in [1.165, 1.54) is 33.6 Å². The molecule has 2 N–H and O–H groups in total. The molecule has 0 atom stereocenters. The Hall–Kier alpha value is -3.04. The third-order valence-electron chi connectivity index (χ3n) is 5.21. The molecule has 0 fully saturated rings. The van der Waals surface area contributed by atoms with E-state index < -0.39 is 0 Å². The number of carbonyl (C=O) groups excluding carboxylic acids is 1. The van der Waals surface area contributed by atoms with Crippen LogP contribution in [0.2, 0.25) is 0 Å². The van der Waals surface area contributed by atoms with E-state index in [2.05, 4.69) is 51.6 Å². The molecule has 0 spiro atoms. The number of benzene rings is 1. The van der Waals surface area contributed by atoms with Crippen LogP contribution in [0.1, 0.15) is 35.3 Å². The van der Waals surface area contributed by atoms with Gasteiger partial charge >= 0.3 is 0 Å². The highest BCUT2D eigenvalue weighted by Crippen LogP contribution is 2.32. The maximum Gasteiger partial charge on any atom is 0.269 e. The molecule has 1 aromatic carbocycles. The van der Waals surface area contributed by atoms with Gasteiger partial charge in [0, 0.05) is 29.0 Å². The van der Waals surface area contributed by atoms with E-state index >= 15 is 0 Å². The minimum Gasteiger partial charge on any atom is -0.455 e. The zero-order valence-corrected chi connectivity index (χ0v) is 16.9. The van der Waals surface area contributed by atoms with Gasteiger partial charge in [0.1, 0.15) is 5.56 Å². The van der Waals surface area contributed by atoms with Crippen molar-refractivity contribution in [2.75, 3.05) is 23.5 Å². The number of ether oxygens (including phenoxy) is 1. The van der Waals surface area contributed by atoms with Gasteiger partial charge < -0.3 is 15.4 Å². The molecule has 148 valence electrons. The quantitative estimate of drug-likeness (QED) is 0.688. The van der Waals surface area contributed by atoms with Crippen LogP contribution in [0.5, 0.6) is 5.88 Å². The first-order chi connectivity index (χ1) is 14.0. The average Bonchev–Trinajstić information content (AvgIpc) is 3.22. The van der Waals surface area contributed by atoms with Gasteiger partial charge in [-0.1, -0.05) is 6.07 Å². The van der Waals surface area contributed by atoms with Crippen LogP contribution in [0.4, 0.5) is 16.8 Å². The third kappa shape index (κ3) is 3.22. The zero-order valence-electron chi connectivity index (χ0n) is 16.1. The smallest absolute Gasteiger partial charge is 0.269 e. The highest BCUT2D eigenvalue weighted by molar-refractivity contribution is 7.13. The van der Waals surface area contributed by atoms with Crippen LogP contribution in [0, 0.1) is 0 Å². The third-order valence-corrected chi connectivity index (χ3v) is 6.00. The van der Waals surface area contributed by atoms with Gasteiger partial charge in [-0.05, 0) is 50.1 Å². The minimum absolute atomic E-state index is 0.0358. The second-order valence-corrected chi connectivity index (χ2v) is 8.41. The number of hydrogen-bond donors (Lipinski definition) is 2. The molecule has 0 radical (unpaired) electrons. The van der Waals surface area contributed by atoms with Crippen molar-refractivity contribution in [3.8, 4) is 5.88 Å². The summed E-state index contributed by atoms with van der Waals surface area (Å²) in [5.41, 5.74) is 3.81. The SMILES string of the molecule is CC1(C)NCCc2cc(Nc3ncc4c(n3)OCN(c3nccs3)C4=O)ccc21.